The minimum atomic E-state index is -0.139. The predicted octanol–water partition coefficient (Wildman–Crippen LogP) is 3.87. The largest absolute Gasteiger partial charge is 0.501 e. The number of aryl methyl sites for hydroxylation is 1. The standard InChI is InChI=1S/C16H22FNO/c1-3-8-18-16(13-5-4-9-19-11-13)14-7-6-12(2)10-15(14)17/h6-7,10-11,16,18H,3-5,8-9H2,1-2H3. The van der Waals surface area contributed by atoms with Crippen LogP contribution in [0.4, 0.5) is 4.39 Å². The number of nitrogens with one attached hydrogen (secondary N) is 1. The van der Waals surface area contributed by atoms with Crippen LogP contribution in [0.2, 0.25) is 0 Å². The summed E-state index contributed by atoms with van der Waals surface area (Å²) in [6.45, 7) is 5.65. The molecule has 0 radical (unpaired) electrons. The molecule has 0 bridgehead atoms. The number of hydrogen-bond acceptors (Lipinski definition) is 2. The molecule has 0 aromatic heterocycles. The molecule has 2 nitrogen and oxygen atoms in total. The first-order valence-electron chi connectivity index (χ1n) is 7.02. The van der Waals surface area contributed by atoms with Crippen LogP contribution in [0.5, 0.6) is 0 Å². The van der Waals surface area contributed by atoms with Gasteiger partial charge < -0.3 is 10.1 Å². The lowest BCUT2D eigenvalue weighted by Crippen LogP contribution is -2.26. The normalized spacial score (nSPS) is 16.7. The van der Waals surface area contributed by atoms with Crippen molar-refractivity contribution in [2.24, 2.45) is 0 Å². The SMILES string of the molecule is CCCNC(C1=COCCC1)c1ccc(C)cc1F. The molecule has 1 heterocycles. The molecule has 1 unspecified atom stereocenters. The molecule has 1 atom stereocenters. The Balaban J connectivity index is 2.27. The van der Waals surface area contributed by atoms with Crippen LogP contribution in [-0.2, 0) is 4.74 Å². The molecule has 0 amide bonds. The summed E-state index contributed by atoms with van der Waals surface area (Å²) in [4.78, 5) is 0. The van der Waals surface area contributed by atoms with Gasteiger partial charge in [0, 0.05) is 5.56 Å². The highest BCUT2D eigenvalue weighted by atomic mass is 19.1. The Morgan fingerprint density at radius 2 is 2.26 bits per heavy atom. The van der Waals surface area contributed by atoms with Crippen molar-refractivity contribution in [3.63, 3.8) is 0 Å². The first kappa shape index (κ1) is 14.1. The van der Waals surface area contributed by atoms with Gasteiger partial charge in [0.05, 0.1) is 18.9 Å². The van der Waals surface area contributed by atoms with Crippen LogP contribution in [0, 0.1) is 12.7 Å². The van der Waals surface area contributed by atoms with Crippen molar-refractivity contribution in [1.82, 2.24) is 5.32 Å². The van der Waals surface area contributed by atoms with Gasteiger partial charge in [-0.05, 0) is 49.9 Å². The first-order chi connectivity index (χ1) is 9.22. The average molecular weight is 263 g/mol. The van der Waals surface area contributed by atoms with Gasteiger partial charge in [0.25, 0.3) is 0 Å². The van der Waals surface area contributed by atoms with Crippen molar-refractivity contribution in [3.8, 4) is 0 Å². The number of rotatable bonds is 5. The molecule has 1 aromatic rings. The fourth-order valence-electron chi connectivity index (χ4n) is 2.39. The summed E-state index contributed by atoms with van der Waals surface area (Å²) in [6.07, 6.45) is 4.80. The van der Waals surface area contributed by atoms with Crippen LogP contribution >= 0.6 is 0 Å². The highest BCUT2D eigenvalue weighted by molar-refractivity contribution is 5.32. The Bertz CT molecular complexity index is 456. The van der Waals surface area contributed by atoms with Gasteiger partial charge in [0.2, 0.25) is 0 Å². The Kier molecular flexibility index (Phi) is 4.97. The number of benzene rings is 1. The molecule has 0 spiro atoms. The van der Waals surface area contributed by atoms with Crippen LogP contribution in [0.25, 0.3) is 0 Å². The molecular formula is C16H22FNO. The smallest absolute Gasteiger partial charge is 0.128 e. The Morgan fingerprint density at radius 1 is 1.42 bits per heavy atom. The molecule has 0 aliphatic carbocycles. The second kappa shape index (κ2) is 6.71. The van der Waals surface area contributed by atoms with E-state index in [0.29, 0.717) is 0 Å². The van der Waals surface area contributed by atoms with Crippen LogP contribution < -0.4 is 5.32 Å². The van der Waals surface area contributed by atoms with E-state index in [1.54, 1.807) is 12.3 Å². The Labute approximate surface area is 114 Å². The third-order valence-corrected chi connectivity index (χ3v) is 3.40. The third-order valence-electron chi connectivity index (χ3n) is 3.40. The van der Waals surface area contributed by atoms with Gasteiger partial charge in [-0.15, -0.1) is 0 Å². The zero-order chi connectivity index (χ0) is 13.7. The van der Waals surface area contributed by atoms with E-state index >= 15 is 0 Å². The quantitative estimate of drug-likeness (QED) is 0.870. The zero-order valence-electron chi connectivity index (χ0n) is 11.7. The molecule has 0 saturated heterocycles. The minimum Gasteiger partial charge on any atom is -0.501 e. The molecule has 19 heavy (non-hydrogen) atoms. The number of hydrogen-bond donors (Lipinski definition) is 1. The number of halogens is 1. The van der Waals surface area contributed by atoms with Gasteiger partial charge >= 0.3 is 0 Å². The molecule has 0 saturated carbocycles. The lowest BCUT2D eigenvalue weighted by atomic mass is 9.94. The fraction of sp³-hybridized carbons (Fsp3) is 0.500. The van der Waals surface area contributed by atoms with Crippen molar-refractivity contribution >= 4 is 0 Å². The van der Waals surface area contributed by atoms with E-state index in [1.807, 2.05) is 19.1 Å². The van der Waals surface area contributed by atoms with Gasteiger partial charge in [0.15, 0.2) is 0 Å². The summed E-state index contributed by atoms with van der Waals surface area (Å²) < 4.78 is 19.6. The van der Waals surface area contributed by atoms with Gasteiger partial charge in [-0.1, -0.05) is 19.1 Å². The molecule has 104 valence electrons. The second-order valence-electron chi connectivity index (χ2n) is 5.08. The van der Waals surface area contributed by atoms with Crippen molar-refractivity contribution < 1.29 is 9.13 Å². The van der Waals surface area contributed by atoms with Crippen molar-refractivity contribution in [2.45, 2.75) is 39.2 Å². The molecule has 2 rings (SSSR count). The van der Waals surface area contributed by atoms with E-state index < -0.39 is 0 Å². The monoisotopic (exact) mass is 263 g/mol. The third kappa shape index (κ3) is 3.57. The van der Waals surface area contributed by atoms with E-state index in [1.165, 1.54) is 0 Å². The highest BCUT2D eigenvalue weighted by Crippen LogP contribution is 2.29. The van der Waals surface area contributed by atoms with Gasteiger partial charge in [-0.2, -0.15) is 0 Å². The highest BCUT2D eigenvalue weighted by Gasteiger charge is 2.21. The molecular weight excluding hydrogens is 241 g/mol. The Hall–Kier alpha value is -1.35. The fourth-order valence-corrected chi connectivity index (χ4v) is 2.39. The van der Waals surface area contributed by atoms with Gasteiger partial charge in [-0.25, -0.2) is 4.39 Å². The molecule has 3 heteroatoms. The van der Waals surface area contributed by atoms with E-state index in [4.69, 9.17) is 4.74 Å². The maximum Gasteiger partial charge on any atom is 0.128 e. The van der Waals surface area contributed by atoms with Crippen molar-refractivity contribution in [2.75, 3.05) is 13.2 Å². The molecule has 0 fully saturated rings. The summed E-state index contributed by atoms with van der Waals surface area (Å²) in [5.41, 5.74) is 2.81. The second-order valence-corrected chi connectivity index (χ2v) is 5.08. The Morgan fingerprint density at radius 3 is 2.89 bits per heavy atom. The first-order valence-corrected chi connectivity index (χ1v) is 7.02. The minimum absolute atomic E-state index is 0.0687. The van der Waals surface area contributed by atoms with Crippen LogP contribution in [0.15, 0.2) is 30.0 Å². The van der Waals surface area contributed by atoms with E-state index in [9.17, 15) is 4.39 Å². The van der Waals surface area contributed by atoms with Crippen LogP contribution in [0.3, 0.4) is 0 Å². The molecule has 1 aliphatic rings. The molecule has 1 aromatic carbocycles. The summed E-state index contributed by atoms with van der Waals surface area (Å²) in [6, 6.07) is 5.37. The lowest BCUT2D eigenvalue weighted by Gasteiger charge is -2.25. The summed E-state index contributed by atoms with van der Waals surface area (Å²) in [5, 5.41) is 3.43. The molecule has 1 aliphatic heterocycles. The molecule has 1 N–H and O–H groups in total. The van der Waals surface area contributed by atoms with Crippen molar-refractivity contribution in [3.05, 3.63) is 47.0 Å². The van der Waals surface area contributed by atoms with Gasteiger partial charge in [-0.3, -0.25) is 0 Å². The van der Waals surface area contributed by atoms with Crippen LogP contribution in [-0.4, -0.2) is 13.2 Å². The average Bonchev–Trinajstić information content (AvgIpc) is 2.42. The topological polar surface area (TPSA) is 21.3 Å². The van der Waals surface area contributed by atoms with E-state index in [0.717, 1.165) is 49.1 Å². The maximum absolute atomic E-state index is 14.2. The maximum atomic E-state index is 14.2. The summed E-state index contributed by atoms with van der Waals surface area (Å²) >= 11 is 0. The van der Waals surface area contributed by atoms with Crippen LogP contribution in [0.1, 0.15) is 43.4 Å². The zero-order valence-corrected chi connectivity index (χ0v) is 11.7. The summed E-state index contributed by atoms with van der Waals surface area (Å²) in [7, 11) is 0. The van der Waals surface area contributed by atoms with Crippen molar-refractivity contribution in [1.29, 1.82) is 0 Å². The van der Waals surface area contributed by atoms with E-state index in [2.05, 4.69) is 12.2 Å². The van der Waals surface area contributed by atoms with E-state index in [-0.39, 0.29) is 11.9 Å². The summed E-state index contributed by atoms with van der Waals surface area (Å²) in [5.74, 6) is -0.139. The lowest BCUT2D eigenvalue weighted by molar-refractivity contribution is 0.219. The number of ether oxygens (including phenoxy) is 1. The van der Waals surface area contributed by atoms with Gasteiger partial charge in [0.1, 0.15) is 5.82 Å². The predicted molar refractivity (Wildman–Crippen MR) is 75.4 cm³/mol.